The van der Waals surface area contributed by atoms with Crippen molar-refractivity contribution in [1.82, 2.24) is 5.16 Å². The molecule has 0 aliphatic heterocycles. The maximum absolute atomic E-state index is 11.6. The van der Waals surface area contributed by atoms with Crippen LogP contribution in [0.4, 0.5) is 5.82 Å². The molecule has 4 nitrogen and oxygen atoms in total. The fourth-order valence-electron chi connectivity index (χ4n) is 1.14. The largest absolute Gasteiger partial charge is 0.360 e. The second-order valence-electron chi connectivity index (χ2n) is 3.42. The van der Waals surface area contributed by atoms with Crippen molar-refractivity contribution in [3.05, 3.63) is 11.8 Å². The molecule has 0 radical (unpaired) electrons. The summed E-state index contributed by atoms with van der Waals surface area (Å²) in [5.41, 5.74) is 0. The Bertz CT molecular complexity index is 325. The summed E-state index contributed by atoms with van der Waals surface area (Å²) in [6, 6.07) is 1.69. The Hall–Kier alpha value is -0.840. The van der Waals surface area contributed by atoms with Crippen LogP contribution >= 0.6 is 15.9 Å². The van der Waals surface area contributed by atoms with Crippen molar-refractivity contribution in [2.24, 2.45) is 0 Å². The molecule has 0 aliphatic rings. The summed E-state index contributed by atoms with van der Waals surface area (Å²) in [6.45, 7) is 3.88. The zero-order chi connectivity index (χ0) is 11.3. The van der Waals surface area contributed by atoms with E-state index in [9.17, 15) is 4.79 Å². The predicted molar refractivity (Wildman–Crippen MR) is 62.1 cm³/mol. The van der Waals surface area contributed by atoms with E-state index in [0.717, 1.165) is 19.3 Å². The van der Waals surface area contributed by atoms with Gasteiger partial charge in [-0.25, -0.2) is 0 Å². The summed E-state index contributed by atoms with van der Waals surface area (Å²) in [5, 5.41) is 6.37. The minimum absolute atomic E-state index is 0.0725. The number of carbonyl (C=O) groups is 1. The molecule has 0 fully saturated rings. The van der Waals surface area contributed by atoms with Crippen molar-refractivity contribution in [2.45, 2.75) is 37.9 Å². The lowest BCUT2D eigenvalue weighted by molar-refractivity contribution is -0.115. The van der Waals surface area contributed by atoms with Gasteiger partial charge in [-0.3, -0.25) is 4.79 Å². The van der Waals surface area contributed by atoms with Gasteiger partial charge in [0.15, 0.2) is 5.82 Å². The van der Waals surface area contributed by atoms with E-state index in [1.54, 1.807) is 13.0 Å². The Kier molecular flexibility index (Phi) is 4.81. The molecule has 1 rings (SSSR count). The van der Waals surface area contributed by atoms with E-state index in [1.807, 2.05) is 0 Å². The molecular weight excluding hydrogens is 260 g/mol. The van der Waals surface area contributed by atoms with Crippen LogP contribution in [0.1, 0.15) is 31.9 Å². The highest BCUT2D eigenvalue weighted by Gasteiger charge is 2.15. The molecule has 84 valence electrons. The van der Waals surface area contributed by atoms with Gasteiger partial charge in [-0.2, -0.15) is 0 Å². The number of nitrogens with one attached hydrogen (secondary N) is 1. The Balaban J connectivity index is 2.41. The van der Waals surface area contributed by atoms with Crippen LogP contribution in [-0.2, 0) is 4.79 Å². The number of rotatable bonds is 5. The number of halogens is 1. The molecule has 0 bridgehead atoms. The molecule has 0 saturated heterocycles. The third-order valence-corrected chi connectivity index (χ3v) is 2.85. The third kappa shape index (κ3) is 4.03. The molecule has 1 N–H and O–H groups in total. The average Bonchev–Trinajstić information content (AvgIpc) is 2.60. The highest BCUT2D eigenvalue weighted by Crippen LogP contribution is 2.13. The van der Waals surface area contributed by atoms with Crippen LogP contribution in [-0.4, -0.2) is 15.9 Å². The third-order valence-electron chi connectivity index (χ3n) is 1.97. The number of aromatic nitrogens is 1. The van der Waals surface area contributed by atoms with Gasteiger partial charge < -0.3 is 9.84 Å². The minimum atomic E-state index is -0.158. The monoisotopic (exact) mass is 274 g/mol. The van der Waals surface area contributed by atoms with Crippen molar-refractivity contribution < 1.29 is 9.32 Å². The quantitative estimate of drug-likeness (QED) is 0.840. The number of hydrogen-bond acceptors (Lipinski definition) is 3. The number of hydrogen-bond donors (Lipinski definition) is 1. The van der Waals surface area contributed by atoms with E-state index in [-0.39, 0.29) is 10.7 Å². The number of aryl methyl sites for hydroxylation is 1. The van der Waals surface area contributed by atoms with Crippen LogP contribution in [0.25, 0.3) is 0 Å². The zero-order valence-electron chi connectivity index (χ0n) is 8.92. The van der Waals surface area contributed by atoms with Crippen LogP contribution < -0.4 is 5.32 Å². The lowest BCUT2D eigenvalue weighted by Crippen LogP contribution is -2.22. The SMILES string of the molecule is CCCC[C@@H](Br)C(=O)Nc1cc(C)on1. The zero-order valence-corrected chi connectivity index (χ0v) is 10.5. The van der Waals surface area contributed by atoms with Crippen molar-refractivity contribution >= 4 is 27.7 Å². The van der Waals surface area contributed by atoms with Crippen LogP contribution in [0.5, 0.6) is 0 Å². The normalized spacial score (nSPS) is 12.5. The second kappa shape index (κ2) is 5.90. The van der Waals surface area contributed by atoms with Crippen LogP contribution in [0.2, 0.25) is 0 Å². The second-order valence-corrected chi connectivity index (χ2v) is 4.53. The number of carbonyl (C=O) groups excluding carboxylic acids is 1. The topological polar surface area (TPSA) is 55.1 Å². The van der Waals surface area contributed by atoms with Gasteiger partial charge >= 0.3 is 0 Å². The number of anilines is 1. The first-order valence-electron chi connectivity index (χ1n) is 5.01. The number of amides is 1. The summed E-state index contributed by atoms with van der Waals surface area (Å²) in [6.07, 6.45) is 2.94. The molecule has 0 aliphatic carbocycles. The van der Waals surface area contributed by atoms with Gasteiger partial charge in [0, 0.05) is 6.07 Å². The molecule has 1 atom stereocenters. The lowest BCUT2D eigenvalue weighted by Gasteiger charge is -2.07. The summed E-state index contributed by atoms with van der Waals surface area (Å²) in [5.74, 6) is 1.08. The molecule has 1 heterocycles. The summed E-state index contributed by atoms with van der Waals surface area (Å²) in [4.78, 5) is 11.4. The van der Waals surface area contributed by atoms with Crippen LogP contribution in [0, 0.1) is 6.92 Å². The molecule has 0 aromatic carbocycles. The standard InChI is InChI=1S/C10H15BrN2O2/c1-3-4-5-8(11)10(14)12-9-6-7(2)15-13-9/h6,8H,3-5H2,1-2H3,(H,12,13,14)/t8-/m1/s1. The number of unbranched alkanes of at least 4 members (excludes halogenated alkanes) is 1. The minimum Gasteiger partial charge on any atom is -0.360 e. The molecule has 5 heteroatoms. The molecular formula is C10H15BrN2O2. The maximum Gasteiger partial charge on any atom is 0.239 e. The lowest BCUT2D eigenvalue weighted by atomic mass is 10.2. The van der Waals surface area contributed by atoms with E-state index in [1.165, 1.54) is 0 Å². The van der Waals surface area contributed by atoms with E-state index in [4.69, 9.17) is 4.52 Å². The average molecular weight is 275 g/mol. The first kappa shape index (κ1) is 12.2. The fraction of sp³-hybridized carbons (Fsp3) is 0.600. The van der Waals surface area contributed by atoms with E-state index in [2.05, 4.69) is 33.3 Å². The molecule has 0 spiro atoms. The molecule has 1 aromatic rings. The van der Waals surface area contributed by atoms with Gasteiger partial charge in [0.25, 0.3) is 0 Å². The highest BCUT2D eigenvalue weighted by atomic mass is 79.9. The number of alkyl halides is 1. The van der Waals surface area contributed by atoms with E-state index >= 15 is 0 Å². The van der Waals surface area contributed by atoms with E-state index in [0.29, 0.717) is 11.6 Å². The van der Waals surface area contributed by atoms with Gasteiger partial charge in [0.1, 0.15) is 5.76 Å². The van der Waals surface area contributed by atoms with Gasteiger partial charge in [-0.15, -0.1) is 0 Å². The van der Waals surface area contributed by atoms with Gasteiger partial charge in [-0.1, -0.05) is 40.9 Å². The summed E-state index contributed by atoms with van der Waals surface area (Å²) >= 11 is 3.34. The van der Waals surface area contributed by atoms with Crippen molar-refractivity contribution in [1.29, 1.82) is 0 Å². The summed E-state index contributed by atoms with van der Waals surface area (Å²) in [7, 11) is 0. The van der Waals surface area contributed by atoms with Crippen molar-refractivity contribution in [3.8, 4) is 0 Å². The maximum atomic E-state index is 11.6. The molecule has 1 aromatic heterocycles. The van der Waals surface area contributed by atoms with E-state index < -0.39 is 0 Å². The molecule has 0 saturated carbocycles. The van der Waals surface area contributed by atoms with Crippen LogP contribution in [0.15, 0.2) is 10.6 Å². The van der Waals surface area contributed by atoms with Gasteiger partial charge in [0.2, 0.25) is 5.91 Å². The Morgan fingerprint density at radius 2 is 2.47 bits per heavy atom. The van der Waals surface area contributed by atoms with Crippen molar-refractivity contribution in [3.63, 3.8) is 0 Å². The molecule has 1 amide bonds. The van der Waals surface area contributed by atoms with Gasteiger partial charge in [0.05, 0.1) is 4.83 Å². The predicted octanol–water partition coefficient (Wildman–Crippen LogP) is 2.88. The first-order valence-corrected chi connectivity index (χ1v) is 5.93. The Labute approximate surface area is 97.5 Å². The molecule has 0 unspecified atom stereocenters. The summed E-state index contributed by atoms with van der Waals surface area (Å²) < 4.78 is 4.85. The van der Waals surface area contributed by atoms with Crippen LogP contribution in [0.3, 0.4) is 0 Å². The van der Waals surface area contributed by atoms with Crippen molar-refractivity contribution in [2.75, 3.05) is 5.32 Å². The fourth-order valence-corrected chi connectivity index (χ4v) is 1.58. The smallest absolute Gasteiger partial charge is 0.239 e. The highest BCUT2D eigenvalue weighted by molar-refractivity contribution is 9.10. The molecule has 15 heavy (non-hydrogen) atoms. The Morgan fingerprint density at radius 1 is 1.73 bits per heavy atom. The number of nitrogens with zero attached hydrogens (tertiary/aromatic N) is 1. The first-order chi connectivity index (χ1) is 7.13. The Morgan fingerprint density at radius 3 is 3.00 bits per heavy atom. The van der Waals surface area contributed by atoms with Gasteiger partial charge in [-0.05, 0) is 13.3 Å².